The molecule has 9 rings (SSSR count). The topological polar surface area (TPSA) is 89.9 Å². The first-order valence-corrected chi connectivity index (χ1v) is 18.2. The minimum atomic E-state index is -4.57. The lowest BCUT2D eigenvalue weighted by Gasteiger charge is -2.23. The van der Waals surface area contributed by atoms with Crippen molar-refractivity contribution < 1.29 is 13.2 Å². The van der Waals surface area contributed by atoms with Crippen LogP contribution in [-0.4, -0.2) is 9.13 Å². The molecule has 0 unspecified atom stereocenters. The fourth-order valence-corrected chi connectivity index (χ4v) is 8.25. The minimum absolute atomic E-state index is 0.265. The molecule has 0 amide bonds. The normalized spacial score (nSPS) is 11.3. The number of alkyl halides is 3. The summed E-state index contributed by atoms with van der Waals surface area (Å²) in [4.78, 5) is 7.71. The molecule has 0 atom stereocenters. The van der Waals surface area contributed by atoms with Crippen molar-refractivity contribution in [3.05, 3.63) is 178 Å². The van der Waals surface area contributed by atoms with E-state index in [4.69, 9.17) is 13.1 Å². The van der Waals surface area contributed by atoms with E-state index in [0.717, 1.165) is 17.5 Å². The van der Waals surface area contributed by atoms with Crippen LogP contribution in [0.2, 0.25) is 0 Å². The number of benzene rings is 7. The van der Waals surface area contributed by atoms with Crippen molar-refractivity contribution in [3.63, 3.8) is 0 Å². The van der Waals surface area contributed by atoms with Crippen molar-refractivity contribution in [1.82, 2.24) is 9.13 Å². The lowest BCUT2D eigenvalue weighted by molar-refractivity contribution is -0.137. The summed E-state index contributed by atoms with van der Waals surface area (Å²) in [7, 11) is 0. The number of fused-ring (bicyclic) bond motifs is 6. The molecule has 0 N–H and O–H groups in total. The highest BCUT2D eigenvalue weighted by Gasteiger charge is 2.32. The number of hydrogen-bond donors (Lipinski definition) is 0. The molecule has 0 aliphatic heterocycles. The largest absolute Gasteiger partial charge is 0.416 e. The number of nitriles is 3. The van der Waals surface area contributed by atoms with Crippen molar-refractivity contribution in [1.29, 1.82) is 15.8 Å². The van der Waals surface area contributed by atoms with E-state index >= 15 is 0 Å². The number of rotatable bonds is 4. The zero-order valence-electron chi connectivity index (χ0n) is 30.9. The molecule has 276 valence electrons. The van der Waals surface area contributed by atoms with Crippen LogP contribution in [0.4, 0.5) is 24.5 Å². The van der Waals surface area contributed by atoms with E-state index in [9.17, 15) is 29.0 Å². The smallest absolute Gasteiger partial charge is 0.310 e. The van der Waals surface area contributed by atoms with Crippen molar-refractivity contribution >= 4 is 55.0 Å². The average Bonchev–Trinajstić information content (AvgIpc) is 3.76. The molecule has 7 nitrogen and oxygen atoms in total. The van der Waals surface area contributed by atoms with Gasteiger partial charge >= 0.3 is 6.18 Å². The molecule has 10 heteroatoms. The average molecular weight is 768 g/mol. The zero-order valence-corrected chi connectivity index (χ0v) is 30.9. The van der Waals surface area contributed by atoms with Crippen LogP contribution in [0.25, 0.3) is 86.9 Å². The minimum Gasteiger partial charge on any atom is -0.310 e. The van der Waals surface area contributed by atoms with Gasteiger partial charge in [-0.1, -0.05) is 36.4 Å². The molecule has 0 saturated heterocycles. The Balaban J connectivity index is 1.48. The second-order valence-corrected chi connectivity index (χ2v) is 14.0. The fraction of sp³-hybridized carbons (Fsp3) is 0.0408. The number of aryl methyl sites for hydroxylation is 1. The van der Waals surface area contributed by atoms with Crippen molar-refractivity contribution in [2.45, 2.75) is 13.1 Å². The molecule has 2 aromatic heterocycles. The van der Waals surface area contributed by atoms with Crippen LogP contribution in [0.3, 0.4) is 0 Å². The van der Waals surface area contributed by atoms with E-state index in [1.807, 2.05) is 57.7 Å². The molecule has 59 heavy (non-hydrogen) atoms. The van der Waals surface area contributed by atoms with E-state index < -0.39 is 11.7 Å². The summed E-state index contributed by atoms with van der Waals surface area (Å²) in [5, 5.41) is 32.5. The van der Waals surface area contributed by atoms with E-state index in [2.05, 4.69) is 27.9 Å². The molecule has 0 saturated carbocycles. The van der Waals surface area contributed by atoms with Gasteiger partial charge in [0, 0.05) is 33.0 Å². The highest BCUT2D eigenvalue weighted by molar-refractivity contribution is 6.14. The Morgan fingerprint density at radius 1 is 0.525 bits per heavy atom. The Morgan fingerprint density at radius 2 is 1.02 bits per heavy atom. The maximum Gasteiger partial charge on any atom is 0.416 e. The number of halogens is 3. The summed E-state index contributed by atoms with van der Waals surface area (Å²) >= 11 is 0. The molecule has 2 heterocycles. The van der Waals surface area contributed by atoms with Gasteiger partial charge in [0.2, 0.25) is 0 Å². The maximum absolute atomic E-state index is 14.0. The summed E-state index contributed by atoms with van der Waals surface area (Å²) in [5.41, 5.74) is 7.62. The molecule has 0 radical (unpaired) electrons. The highest BCUT2D eigenvalue weighted by Crippen LogP contribution is 2.49. The highest BCUT2D eigenvalue weighted by atomic mass is 19.4. The summed E-state index contributed by atoms with van der Waals surface area (Å²) in [6, 6.07) is 42.4. The van der Waals surface area contributed by atoms with Gasteiger partial charge in [0.1, 0.15) is 0 Å². The predicted octanol–water partition coefficient (Wildman–Crippen LogP) is 13.3. The third kappa shape index (κ3) is 5.63. The van der Waals surface area contributed by atoms with Crippen molar-refractivity contribution in [3.8, 4) is 51.8 Å². The Morgan fingerprint density at radius 3 is 1.49 bits per heavy atom. The molecule has 0 spiro atoms. The third-order valence-corrected chi connectivity index (χ3v) is 10.8. The number of aromatic nitrogens is 2. The van der Waals surface area contributed by atoms with Crippen LogP contribution < -0.4 is 0 Å². The molecule has 0 bridgehead atoms. The van der Waals surface area contributed by atoms with Gasteiger partial charge in [-0.05, 0) is 120 Å². The van der Waals surface area contributed by atoms with Gasteiger partial charge < -0.3 is 9.13 Å². The van der Waals surface area contributed by atoms with Crippen LogP contribution in [0, 0.1) is 54.1 Å². The Kier molecular flexibility index (Phi) is 8.27. The molecular weight excluding hydrogens is 744 g/mol. The Bertz CT molecular complexity index is 3370. The van der Waals surface area contributed by atoms with Gasteiger partial charge in [-0.3, -0.25) is 0 Å². The molecule has 0 aliphatic carbocycles. The molecule has 7 aromatic carbocycles. The van der Waals surface area contributed by atoms with Gasteiger partial charge in [-0.25, -0.2) is 9.69 Å². The summed E-state index contributed by atoms with van der Waals surface area (Å²) in [5.74, 6) is 0. The van der Waals surface area contributed by atoms with E-state index in [-0.39, 0.29) is 5.69 Å². The van der Waals surface area contributed by atoms with Gasteiger partial charge in [-0.2, -0.15) is 29.0 Å². The number of hydrogen-bond acceptors (Lipinski definition) is 3. The van der Waals surface area contributed by atoms with Gasteiger partial charge in [-0.15, -0.1) is 0 Å². The van der Waals surface area contributed by atoms with Crippen molar-refractivity contribution in [2.24, 2.45) is 0 Å². The fourth-order valence-electron chi connectivity index (χ4n) is 8.25. The van der Waals surface area contributed by atoms with Crippen molar-refractivity contribution in [2.75, 3.05) is 0 Å². The molecule has 0 aliphatic rings. The maximum atomic E-state index is 14.0. The molecule has 0 fully saturated rings. The molecule has 9 aromatic rings. The summed E-state index contributed by atoms with van der Waals surface area (Å²) in [6.07, 6.45) is -4.57. The zero-order chi connectivity index (χ0) is 41.2. The predicted molar refractivity (Wildman–Crippen MR) is 222 cm³/mol. The first-order chi connectivity index (χ1) is 28.6. The van der Waals surface area contributed by atoms with Crippen LogP contribution >= 0.6 is 0 Å². The lowest BCUT2D eigenvalue weighted by Crippen LogP contribution is -2.06. The Hall–Kier alpha value is -8.62. The Labute approximate surface area is 335 Å². The van der Waals surface area contributed by atoms with Crippen LogP contribution in [0.5, 0.6) is 0 Å². The van der Waals surface area contributed by atoms with Gasteiger partial charge in [0.05, 0.1) is 81.4 Å². The van der Waals surface area contributed by atoms with Crippen LogP contribution in [-0.2, 0) is 6.18 Å². The van der Waals surface area contributed by atoms with Crippen LogP contribution in [0.15, 0.2) is 127 Å². The lowest BCUT2D eigenvalue weighted by atomic mass is 9.88. The first kappa shape index (κ1) is 36.0. The van der Waals surface area contributed by atoms with Gasteiger partial charge in [0.15, 0.2) is 11.4 Å². The second kappa shape index (κ2) is 13.5. The monoisotopic (exact) mass is 767 g/mol. The third-order valence-electron chi connectivity index (χ3n) is 10.8. The summed E-state index contributed by atoms with van der Waals surface area (Å²) in [6.45, 7) is 17.9. The first-order valence-electron chi connectivity index (χ1n) is 18.2. The standard InChI is InChI=1S/C49H24F3N7/c1-28-20-32(49(50,51)52)13-15-34(28)35-6-4-8-45(58-43-18-12-31(27-55)23-38(43)39-24-33(56-2)14-19-44(39)58)47(35)48-40(57-3)7-5-9-46(48)59-41-16-10-29(25-53)21-36(41)37-22-30(26-54)11-17-42(37)59/h4-24H,1H3. The van der Waals surface area contributed by atoms with Crippen LogP contribution in [0.1, 0.15) is 27.8 Å². The summed E-state index contributed by atoms with van der Waals surface area (Å²) < 4.78 is 46.1. The number of nitrogens with zero attached hydrogens (tertiary/aromatic N) is 7. The van der Waals surface area contributed by atoms with E-state index in [1.54, 1.807) is 67.6 Å². The van der Waals surface area contributed by atoms with E-state index in [0.29, 0.717) is 99.8 Å². The van der Waals surface area contributed by atoms with Gasteiger partial charge in [0.25, 0.3) is 0 Å². The quantitative estimate of drug-likeness (QED) is 0.167. The second-order valence-electron chi connectivity index (χ2n) is 14.0. The molecular formula is C49H24F3N7. The van der Waals surface area contributed by atoms with E-state index in [1.165, 1.54) is 6.07 Å². The SMILES string of the molecule is [C-]#[N+]c1ccc2c(c1)c1cc(C#N)ccc1n2-c1cccc(-c2ccc(C(F)(F)F)cc2C)c1-c1c([N+]#[C-])cccc1-n1c2ccc(C#N)cc2c2cc(C#N)ccc21.